The van der Waals surface area contributed by atoms with Crippen LogP contribution in [0.3, 0.4) is 0 Å². The third kappa shape index (κ3) is 2.28. The first-order valence-electron chi connectivity index (χ1n) is 9.43. The van der Waals surface area contributed by atoms with Crippen molar-refractivity contribution in [3.63, 3.8) is 0 Å². The summed E-state index contributed by atoms with van der Waals surface area (Å²) in [5.41, 5.74) is 1.82. The van der Waals surface area contributed by atoms with Crippen LogP contribution in [-0.4, -0.2) is 58.7 Å². The van der Waals surface area contributed by atoms with Gasteiger partial charge in [-0.05, 0) is 24.4 Å². The molecule has 8 nitrogen and oxygen atoms in total. The van der Waals surface area contributed by atoms with Gasteiger partial charge in [-0.1, -0.05) is 12.1 Å². The zero-order valence-corrected chi connectivity index (χ0v) is 15.7. The Balaban J connectivity index is 1.52. The summed E-state index contributed by atoms with van der Waals surface area (Å²) in [4.78, 5) is 24.7. The van der Waals surface area contributed by atoms with E-state index < -0.39 is 12.6 Å². The van der Waals surface area contributed by atoms with Crippen LogP contribution >= 0.6 is 12.2 Å². The van der Waals surface area contributed by atoms with Gasteiger partial charge in [0.2, 0.25) is 12.6 Å². The molecule has 4 aliphatic rings. The van der Waals surface area contributed by atoms with Crippen LogP contribution in [0.2, 0.25) is 0 Å². The van der Waals surface area contributed by atoms with Gasteiger partial charge in [0.25, 0.3) is 0 Å². The van der Waals surface area contributed by atoms with Crippen molar-refractivity contribution in [3.05, 3.63) is 29.0 Å². The maximum absolute atomic E-state index is 12.4. The van der Waals surface area contributed by atoms with Crippen LogP contribution in [-0.2, 0) is 28.5 Å². The minimum atomic E-state index is -0.749. The highest BCUT2D eigenvalue weighted by Crippen LogP contribution is 2.39. The summed E-state index contributed by atoms with van der Waals surface area (Å²) in [6.45, 7) is 0.733. The zero-order chi connectivity index (χ0) is 19.0. The molecule has 0 spiro atoms. The second-order valence-corrected chi connectivity index (χ2v) is 8.03. The van der Waals surface area contributed by atoms with Gasteiger partial charge in [0.15, 0.2) is 16.3 Å². The minimum Gasteiger partial charge on any atom is -0.343 e. The molecule has 0 radical (unpaired) electrons. The van der Waals surface area contributed by atoms with Crippen LogP contribution in [0.1, 0.15) is 24.9 Å². The Hall–Kier alpha value is -1.91. The molecule has 0 amide bonds. The number of hydrogen-bond donors (Lipinski definition) is 0. The standard InChI is InChI=1S/C19H18N2O6S/c22-13-5-11(15-7-24-17(13)26-15)20-9-3-1-2-4-10(9)21(19(20)28)12-6-14(23)18-25-8-16(12)27-18/h1-4,11-12,15-18H,5-8H2. The molecular formula is C19H18N2O6S. The van der Waals surface area contributed by atoms with E-state index in [0.717, 1.165) is 11.0 Å². The molecule has 6 atom stereocenters. The normalized spacial score (nSPS) is 37.1. The largest absolute Gasteiger partial charge is 0.343 e. The third-order valence-corrected chi connectivity index (χ3v) is 6.49. The second-order valence-electron chi connectivity index (χ2n) is 7.67. The Morgan fingerprint density at radius 1 is 0.821 bits per heavy atom. The monoisotopic (exact) mass is 402 g/mol. The Bertz CT molecular complexity index is 980. The average molecular weight is 402 g/mol. The Morgan fingerprint density at radius 3 is 1.75 bits per heavy atom. The van der Waals surface area contributed by atoms with Crippen molar-refractivity contribution in [3.8, 4) is 0 Å². The molecule has 1 aromatic carbocycles. The van der Waals surface area contributed by atoms with Gasteiger partial charge < -0.3 is 28.1 Å². The van der Waals surface area contributed by atoms with Crippen LogP contribution in [0.15, 0.2) is 24.3 Å². The molecule has 4 fully saturated rings. The molecule has 6 rings (SSSR count). The SMILES string of the molecule is O=C1CC(n2c(=S)n(C3CC(=O)C4OCC3O4)c3ccccc32)C2COC1O2. The summed E-state index contributed by atoms with van der Waals surface area (Å²) < 4.78 is 27.0. The summed E-state index contributed by atoms with van der Waals surface area (Å²) in [5.74, 6) is -0.138. The first-order valence-corrected chi connectivity index (χ1v) is 9.83. The van der Waals surface area contributed by atoms with Gasteiger partial charge in [0, 0.05) is 12.8 Å². The van der Waals surface area contributed by atoms with Gasteiger partial charge >= 0.3 is 0 Å². The van der Waals surface area contributed by atoms with Gasteiger partial charge in [-0.15, -0.1) is 0 Å². The van der Waals surface area contributed by atoms with E-state index in [0.29, 0.717) is 30.8 Å². The van der Waals surface area contributed by atoms with E-state index in [1.54, 1.807) is 0 Å². The summed E-state index contributed by atoms with van der Waals surface area (Å²) in [7, 11) is 0. The minimum absolute atomic E-state index is 0.0688. The number of aromatic nitrogens is 2. The van der Waals surface area contributed by atoms with Crippen LogP contribution in [0.5, 0.6) is 0 Å². The van der Waals surface area contributed by atoms with E-state index in [1.165, 1.54) is 0 Å². The molecule has 2 aromatic rings. The molecule has 5 heterocycles. The molecule has 28 heavy (non-hydrogen) atoms. The fourth-order valence-electron chi connectivity index (χ4n) is 4.80. The van der Waals surface area contributed by atoms with Crippen LogP contribution in [0.25, 0.3) is 11.0 Å². The summed E-state index contributed by atoms with van der Waals surface area (Å²) >= 11 is 5.87. The number of fused-ring (bicyclic) bond motifs is 5. The number of carbonyl (C=O) groups excluding carboxylic acids is 2. The third-order valence-electron chi connectivity index (χ3n) is 6.10. The number of hydrogen-bond acceptors (Lipinski definition) is 7. The van der Waals surface area contributed by atoms with Crippen molar-refractivity contribution < 1.29 is 28.5 Å². The second kappa shape index (κ2) is 6.04. The molecule has 4 aliphatic heterocycles. The molecule has 1 aromatic heterocycles. The van der Waals surface area contributed by atoms with Crippen molar-refractivity contribution in [2.45, 2.75) is 49.7 Å². The molecule has 146 valence electrons. The van der Waals surface area contributed by atoms with Crippen molar-refractivity contribution in [2.75, 3.05) is 13.2 Å². The molecule has 0 N–H and O–H groups in total. The summed E-state index contributed by atoms with van der Waals surface area (Å²) in [6, 6.07) is 7.36. The number of rotatable bonds is 2. The van der Waals surface area contributed by atoms with Crippen molar-refractivity contribution in [2.24, 2.45) is 0 Å². The van der Waals surface area contributed by atoms with Crippen molar-refractivity contribution in [1.29, 1.82) is 0 Å². The van der Waals surface area contributed by atoms with Crippen LogP contribution in [0.4, 0.5) is 0 Å². The number of imidazole rings is 1. The maximum atomic E-state index is 12.4. The first kappa shape index (κ1) is 17.0. The lowest BCUT2D eigenvalue weighted by molar-refractivity contribution is -0.156. The number of ketones is 2. The average Bonchev–Trinajstić information content (AvgIpc) is 3.38. The number of para-hydroxylation sites is 2. The predicted octanol–water partition coefficient (Wildman–Crippen LogP) is 1.68. The van der Waals surface area contributed by atoms with E-state index in [9.17, 15) is 9.59 Å². The molecule has 4 saturated heterocycles. The number of ether oxygens (including phenoxy) is 4. The molecule has 4 bridgehead atoms. The summed E-state index contributed by atoms with van der Waals surface area (Å²) in [5, 5.41) is 0. The number of benzene rings is 1. The lowest BCUT2D eigenvalue weighted by Crippen LogP contribution is -2.38. The topological polar surface area (TPSA) is 80.9 Å². The van der Waals surface area contributed by atoms with Gasteiger partial charge in [0.05, 0.1) is 36.3 Å². The Labute approximate surface area is 164 Å². The molecular weight excluding hydrogens is 384 g/mol. The maximum Gasteiger partial charge on any atom is 0.218 e. The highest BCUT2D eigenvalue weighted by atomic mass is 32.1. The van der Waals surface area contributed by atoms with Crippen molar-refractivity contribution >= 4 is 34.8 Å². The van der Waals surface area contributed by atoms with Gasteiger partial charge in [-0.25, -0.2) is 0 Å². The number of nitrogens with zero attached hydrogens (tertiary/aromatic N) is 2. The fourth-order valence-corrected chi connectivity index (χ4v) is 5.27. The first-order chi connectivity index (χ1) is 13.6. The lowest BCUT2D eigenvalue weighted by atomic mass is 10.0. The Kier molecular flexibility index (Phi) is 3.67. The quantitative estimate of drug-likeness (QED) is 0.707. The van der Waals surface area contributed by atoms with E-state index >= 15 is 0 Å². The molecule has 0 aliphatic carbocycles. The van der Waals surface area contributed by atoms with Gasteiger partial charge in [-0.2, -0.15) is 0 Å². The Morgan fingerprint density at radius 2 is 1.29 bits per heavy atom. The van der Waals surface area contributed by atoms with Gasteiger partial charge in [0.1, 0.15) is 12.2 Å². The van der Waals surface area contributed by atoms with Crippen LogP contribution in [0, 0.1) is 4.77 Å². The zero-order valence-electron chi connectivity index (χ0n) is 14.9. The smallest absolute Gasteiger partial charge is 0.218 e. The van der Waals surface area contributed by atoms with E-state index in [2.05, 4.69) is 0 Å². The highest BCUT2D eigenvalue weighted by molar-refractivity contribution is 7.71. The number of Topliss-reactive ketones (excluding diaryl/α,β-unsaturated/α-hetero) is 2. The van der Waals surface area contributed by atoms with E-state index in [1.807, 2.05) is 33.4 Å². The van der Waals surface area contributed by atoms with Gasteiger partial charge in [-0.3, -0.25) is 9.59 Å². The molecule has 0 saturated carbocycles. The highest BCUT2D eigenvalue weighted by Gasteiger charge is 2.47. The van der Waals surface area contributed by atoms with E-state index in [4.69, 9.17) is 31.2 Å². The summed E-state index contributed by atoms with van der Waals surface area (Å²) in [6.07, 6.45) is -1.32. The van der Waals surface area contributed by atoms with E-state index in [-0.39, 0.29) is 35.9 Å². The molecule has 6 unspecified atom stereocenters. The fraction of sp³-hybridized carbons (Fsp3) is 0.526. The van der Waals surface area contributed by atoms with Crippen molar-refractivity contribution in [1.82, 2.24) is 9.13 Å². The van der Waals surface area contributed by atoms with Crippen LogP contribution < -0.4 is 0 Å². The predicted molar refractivity (Wildman–Crippen MR) is 97.3 cm³/mol. The molecule has 9 heteroatoms. The lowest BCUT2D eigenvalue weighted by Gasteiger charge is -2.29. The number of carbonyl (C=O) groups is 2.